The van der Waals surface area contributed by atoms with Gasteiger partial charge in [0.15, 0.2) is 0 Å². The molecule has 2 nitrogen and oxygen atoms in total. The maximum absolute atomic E-state index is 9.46. The molecule has 4 rings (SSSR count). The van der Waals surface area contributed by atoms with Crippen molar-refractivity contribution in [2.45, 2.75) is 25.3 Å². The third kappa shape index (κ3) is 4.40. The average molecular weight is 357 g/mol. The van der Waals surface area contributed by atoms with E-state index in [1.165, 1.54) is 29.5 Å². The number of aromatic hydroxyl groups is 1. The number of piperidine rings is 1. The molecule has 0 amide bonds. The van der Waals surface area contributed by atoms with Crippen molar-refractivity contribution in [3.8, 4) is 5.75 Å². The van der Waals surface area contributed by atoms with Crippen LogP contribution in [0.4, 0.5) is 0 Å². The zero-order valence-electron chi connectivity index (χ0n) is 15.7. The lowest BCUT2D eigenvalue weighted by atomic mass is 9.76. The van der Waals surface area contributed by atoms with Gasteiger partial charge in [0.1, 0.15) is 5.75 Å². The molecule has 27 heavy (non-hydrogen) atoms. The summed E-state index contributed by atoms with van der Waals surface area (Å²) >= 11 is 0. The van der Waals surface area contributed by atoms with Crippen LogP contribution in [-0.4, -0.2) is 23.1 Å². The molecule has 0 atom stereocenters. The van der Waals surface area contributed by atoms with E-state index in [-0.39, 0.29) is 0 Å². The Bertz CT molecular complexity index is 782. The van der Waals surface area contributed by atoms with Crippen molar-refractivity contribution in [1.29, 1.82) is 0 Å². The van der Waals surface area contributed by atoms with Gasteiger partial charge in [-0.15, -0.1) is 0 Å². The highest BCUT2D eigenvalue weighted by Crippen LogP contribution is 2.38. The van der Waals surface area contributed by atoms with Crippen LogP contribution in [-0.2, 0) is 6.54 Å². The molecule has 1 fully saturated rings. The first-order valence-corrected chi connectivity index (χ1v) is 9.90. The van der Waals surface area contributed by atoms with E-state index >= 15 is 0 Å². The zero-order chi connectivity index (χ0) is 18.5. The maximum Gasteiger partial charge on any atom is 0.115 e. The minimum atomic E-state index is 0.339. The Labute approximate surface area is 162 Å². The van der Waals surface area contributed by atoms with Crippen LogP contribution in [0.2, 0.25) is 0 Å². The fraction of sp³-hybridized carbons (Fsp3) is 0.280. The third-order valence-corrected chi connectivity index (χ3v) is 5.76. The monoisotopic (exact) mass is 357 g/mol. The number of phenols is 1. The van der Waals surface area contributed by atoms with E-state index in [1.807, 2.05) is 12.1 Å². The molecule has 1 aliphatic rings. The van der Waals surface area contributed by atoms with Crippen LogP contribution in [0.25, 0.3) is 0 Å². The zero-order valence-corrected chi connectivity index (χ0v) is 15.7. The molecule has 0 aromatic heterocycles. The highest BCUT2D eigenvalue weighted by molar-refractivity contribution is 5.33. The van der Waals surface area contributed by atoms with E-state index in [2.05, 4.69) is 65.6 Å². The summed E-state index contributed by atoms with van der Waals surface area (Å²) in [6.07, 6.45) is 2.43. The van der Waals surface area contributed by atoms with Gasteiger partial charge in [0.25, 0.3) is 0 Å². The maximum atomic E-state index is 9.46. The molecule has 0 saturated carbocycles. The Balaban J connectivity index is 1.46. The number of nitrogens with zero attached hydrogens (tertiary/aromatic N) is 1. The minimum absolute atomic E-state index is 0.339. The lowest BCUT2D eigenvalue weighted by molar-refractivity contribution is 0.168. The SMILES string of the molecule is Oc1ccc(CN2CCC(C(c3ccccc3)c3ccccc3)CC2)cc1. The second-order valence-electron chi connectivity index (χ2n) is 7.58. The van der Waals surface area contributed by atoms with Crippen molar-refractivity contribution in [2.75, 3.05) is 13.1 Å². The molecule has 2 heteroatoms. The van der Waals surface area contributed by atoms with Gasteiger partial charge in [0.2, 0.25) is 0 Å². The molecule has 1 N–H and O–H groups in total. The van der Waals surface area contributed by atoms with Crippen molar-refractivity contribution in [2.24, 2.45) is 5.92 Å². The quantitative estimate of drug-likeness (QED) is 0.657. The van der Waals surface area contributed by atoms with Gasteiger partial charge in [-0.1, -0.05) is 72.8 Å². The van der Waals surface area contributed by atoms with Gasteiger partial charge in [-0.25, -0.2) is 0 Å². The minimum Gasteiger partial charge on any atom is -0.508 e. The lowest BCUT2D eigenvalue weighted by Gasteiger charge is -2.36. The molecule has 1 aliphatic heterocycles. The predicted octanol–water partition coefficient (Wildman–Crippen LogP) is 5.44. The topological polar surface area (TPSA) is 23.5 Å². The fourth-order valence-electron chi connectivity index (χ4n) is 4.36. The normalized spacial score (nSPS) is 15.9. The molecule has 138 valence electrons. The van der Waals surface area contributed by atoms with Gasteiger partial charge >= 0.3 is 0 Å². The van der Waals surface area contributed by atoms with Gasteiger partial charge in [0, 0.05) is 12.5 Å². The largest absolute Gasteiger partial charge is 0.508 e. The summed E-state index contributed by atoms with van der Waals surface area (Å²) < 4.78 is 0. The van der Waals surface area contributed by atoms with Crippen molar-refractivity contribution in [3.63, 3.8) is 0 Å². The van der Waals surface area contributed by atoms with Gasteiger partial charge in [-0.3, -0.25) is 4.90 Å². The van der Waals surface area contributed by atoms with Crippen LogP contribution < -0.4 is 0 Å². The number of hydrogen-bond donors (Lipinski definition) is 1. The van der Waals surface area contributed by atoms with Gasteiger partial charge in [-0.2, -0.15) is 0 Å². The average Bonchev–Trinajstić information content (AvgIpc) is 2.73. The van der Waals surface area contributed by atoms with Crippen molar-refractivity contribution < 1.29 is 5.11 Å². The summed E-state index contributed by atoms with van der Waals surface area (Å²) in [6, 6.07) is 29.6. The highest BCUT2D eigenvalue weighted by atomic mass is 16.3. The summed E-state index contributed by atoms with van der Waals surface area (Å²) in [5, 5.41) is 9.46. The summed E-state index contributed by atoms with van der Waals surface area (Å²) in [7, 11) is 0. The molecule has 1 heterocycles. The molecule has 3 aromatic rings. The summed E-state index contributed by atoms with van der Waals surface area (Å²) in [5.74, 6) is 1.49. The Hall–Kier alpha value is -2.58. The van der Waals surface area contributed by atoms with E-state index in [0.717, 1.165) is 19.6 Å². The number of benzene rings is 3. The summed E-state index contributed by atoms with van der Waals surface area (Å²) in [4.78, 5) is 2.54. The Morgan fingerprint density at radius 3 is 1.78 bits per heavy atom. The summed E-state index contributed by atoms with van der Waals surface area (Å²) in [5.41, 5.74) is 4.13. The van der Waals surface area contributed by atoms with Crippen LogP contribution in [0.15, 0.2) is 84.9 Å². The number of phenolic OH excluding ortho intramolecular Hbond substituents is 1. The smallest absolute Gasteiger partial charge is 0.115 e. The van der Waals surface area contributed by atoms with Gasteiger partial charge < -0.3 is 5.11 Å². The fourth-order valence-corrected chi connectivity index (χ4v) is 4.36. The first kappa shape index (κ1) is 17.8. The second kappa shape index (κ2) is 8.41. The molecule has 3 aromatic carbocycles. The first-order chi connectivity index (χ1) is 13.3. The number of likely N-dealkylation sites (tertiary alicyclic amines) is 1. The van der Waals surface area contributed by atoms with E-state index < -0.39 is 0 Å². The molecule has 0 spiro atoms. The molecule has 0 unspecified atom stereocenters. The Morgan fingerprint density at radius 2 is 1.26 bits per heavy atom. The second-order valence-corrected chi connectivity index (χ2v) is 7.58. The number of hydrogen-bond acceptors (Lipinski definition) is 2. The predicted molar refractivity (Wildman–Crippen MR) is 111 cm³/mol. The molecule has 0 aliphatic carbocycles. The van der Waals surface area contributed by atoms with E-state index in [4.69, 9.17) is 0 Å². The van der Waals surface area contributed by atoms with Crippen molar-refractivity contribution in [3.05, 3.63) is 102 Å². The van der Waals surface area contributed by atoms with Crippen LogP contribution in [0.5, 0.6) is 5.75 Å². The van der Waals surface area contributed by atoms with Crippen molar-refractivity contribution in [1.82, 2.24) is 4.90 Å². The van der Waals surface area contributed by atoms with E-state index in [1.54, 1.807) is 12.1 Å². The summed E-state index contributed by atoms with van der Waals surface area (Å²) in [6.45, 7) is 3.22. The molecular formula is C25H27NO. The van der Waals surface area contributed by atoms with E-state index in [0.29, 0.717) is 17.6 Å². The molecular weight excluding hydrogens is 330 g/mol. The van der Waals surface area contributed by atoms with Crippen LogP contribution in [0.1, 0.15) is 35.4 Å². The molecule has 1 saturated heterocycles. The van der Waals surface area contributed by atoms with Crippen molar-refractivity contribution >= 4 is 0 Å². The highest BCUT2D eigenvalue weighted by Gasteiger charge is 2.28. The van der Waals surface area contributed by atoms with Gasteiger partial charge in [0.05, 0.1) is 0 Å². The third-order valence-electron chi connectivity index (χ3n) is 5.76. The number of rotatable bonds is 5. The standard InChI is InChI=1S/C25H27NO/c27-24-13-11-20(12-14-24)19-26-17-15-23(16-18-26)25(21-7-3-1-4-8-21)22-9-5-2-6-10-22/h1-14,23,25,27H,15-19H2. The van der Waals surface area contributed by atoms with Gasteiger partial charge in [-0.05, 0) is 60.7 Å². The van der Waals surface area contributed by atoms with Crippen LogP contribution in [0, 0.1) is 5.92 Å². The lowest BCUT2D eigenvalue weighted by Crippen LogP contribution is -2.35. The Morgan fingerprint density at radius 1 is 0.741 bits per heavy atom. The molecule has 0 bridgehead atoms. The van der Waals surface area contributed by atoms with E-state index in [9.17, 15) is 5.11 Å². The first-order valence-electron chi connectivity index (χ1n) is 9.90. The van der Waals surface area contributed by atoms with Crippen LogP contribution in [0.3, 0.4) is 0 Å². The Kier molecular flexibility index (Phi) is 5.55. The molecule has 0 radical (unpaired) electrons. The van der Waals surface area contributed by atoms with Crippen LogP contribution >= 0.6 is 0 Å².